The topological polar surface area (TPSA) is 17.1 Å². The molecule has 98 valence electrons. The Morgan fingerprint density at radius 2 is 1.79 bits per heavy atom. The lowest BCUT2D eigenvalue weighted by Gasteiger charge is -2.12. The van der Waals surface area contributed by atoms with Gasteiger partial charge in [-0.3, -0.25) is 4.79 Å². The Hall–Kier alpha value is -1.96. The Morgan fingerprint density at radius 1 is 1.00 bits per heavy atom. The molecule has 0 saturated carbocycles. The molecule has 0 aromatic heterocycles. The van der Waals surface area contributed by atoms with Crippen molar-refractivity contribution in [3.63, 3.8) is 0 Å². The second-order valence-electron chi connectivity index (χ2n) is 4.55. The summed E-state index contributed by atoms with van der Waals surface area (Å²) in [7, 11) is 0. The summed E-state index contributed by atoms with van der Waals surface area (Å²) in [5, 5.41) is 0. The molecule has 0 N–H and O–H groups in total. The lowest BCUT2D eigenvalue weighted by Crippen LogP contribution is -1.95. The van der Waals surface area contributed by atoms with Gasteiger partial charge < -0.3 is 0 Å². The molecule has 0 unspecified atom stereocenters. The van der Waals surface area contributed by atoms with Crippen molar-refractivity contribution in [2.24, 2.45) is 0 Å². The number of benzene rings is 2. The van der Waals surface area contributed by atoms with E-state index in [1.54, 1.807) is 0 Å². The zero-order valence-electron chi connectivity index (χ0n) is 11.2. The smallest absolute Gasteiger partial charge is 0.150 e. The number of aryl methyl sites for hydroxylation is 2. The first-order valence-corrected chi connectivity index (χ1v) is 6.56. The summed E-state index contributed by atoms with van der Waals surface area (Å²) >= 11 is 0. The third kappa shape index (κ3) is 2.73. The quantitative estimate of drug-likeness (QED) is 0.739. The van der Waals surface area contributed by atoms with Gasteiger partial charge in [-0.05, 0) is 53.3 Å². The highest BCUT2D eigenvalue weighted by Gasteiger charge is 2.10. The van der Waals surface area contributed by atoms with Gasteiger partial charge in [0.15, 0.2) is 6.29 Å². The molecule has 0 spiro atoms. The van der Waals surface area contributed by atoms with Crippen molar-refractivity contribution in [3.8, 4) is 11.1 Å². The molecule has 2 aromatic rings. The zero-order chi connectivity index (χ0) is 13.8. The number of carbonyl (C=O) groups is 1. The predicted octanol–water partition coefficient (Wildman–Crippen LogP) is 4.43. The summed E-state index contributed by atoms with van der Waals surface area (Å²) in [6, 6.07) is 10.5. The zero-order valence-corrected chi connectivity index (χ0v) is 11.2. The van der Waals surface area contributed by atoms with E-state index in [9.17, 15) is 9.18 Å². The predicted molar refractivity (Wildman–Crippen MR) is 76.0 cm³/mol. The minimum atomic E-state index is -0.315. The number of rotatable bonds is 4. The standard InChI is InChI=1S/C17H17FO/c1-3-12-5-6-13(4-2)16(9-12)17-10-15(18)8-7-14(17)11-19/h5-11H,3-4H2,1-2H3. The second kappa shape index (κ2) is 5.79. The van der Waals surface area contributed by atoms with Gasteiger partial charge in [0.25, 0.3) is 0 Å². The molecule has 0 aliphatic carbocycles. The number of hydrogen-bond acceptors (Lipinski definition) is 1. The highest BCUT2D eigenvalue weighted by atomic mass is 19.1. The third-order valence-corrected chi connectivity index (χ3v) is 3.40. The molecule has 2 rings (SSSR count). The van der Waals surface area contributed by atoms with Gasteiger partial charge in [-0.15, -0.1) is 0 Å². The van der Waals surface area contributed by atoms with E-state index in [4.69, 9.17) is 0 Å². The van der Waals surface area contributed by atoms with Crippen LogP contribution in [0.4, 0.5) is 4.39 Å². The van der Waals surface area contributed by atoms with Crippen LogP contribution in [0.2, 0.25) is 0 Å². The number of aldehydes is 1. The Kier molecular flexibility index (Phi) is 4.10. The van der Waals surface area contributed by atoms with E-state index < -0.39 is 0 Å². The molecule has 0 heterocycles. The maximum Gasteiger partial charge on any atom is 0.150 e. The molecule has 0 aliphatic heterocycles. The minimum absolute atomic E-state index is 0.315. The van der Waals surface area contributed by atoms with Crippen molar-refractivity contribution in [1.29, 1.82) is 0 Å². The third-order valence-electron chi connectivity index (χ3n) is 3.40. The van der Waals surface area contributed by atoms with Crippen LogP contribution in [-0.2, 0) is 12.8 Å². The molecule has 2 heteroatoms. The van der Waals surface area contributed by atoms with Gasteiger partial charge in [-0.2, -0.15) is 0 Å². The Morgan fingerprint density at radius 3 is 2.42 bits per heavy atom. The summed E-state index contributed by atoms with van der Waals surface area (Å²) in [4.78, 5) is 11.1. The van der Waals surface area contributed by atoms with Crippen LogP contribution in [0.25, 0.3) is 11.1 Å². The number of carbonyl (C=O) groups excluding carboxylic acids is 1. The van der Waals surface area contributed by atoms with Crippen LogP contribution >= 0.6 is 0 Å². The lowest BCUT2D eigenvalue weighted by molar-refractivity contribution is 0.112. The molecular weight excluding hydrogens is 239 g/mol. The summed E-state index contributed by atoms with van der Waals surface area (Å²) in [6.07, 6.45) is 2.56. The van der Waals surface area contributed by atoms with Gasteiger partial charge in [0, 0.05) is 5.56 Å². The Balaban J connectivity index is 2.68. The average Bonchev–Trinajstić information content (AvgIpc) is 2.46. The molecule has 0 aliphatic rings. The molecule has 0 fully saturated rings. The molecule has 2 aromatic carbocycles. The van der Waals surface area contributed by atoms with Crippen molar-refractivity contribution >= 4 is 6.29 Å². The van der Waals surface area contributed by atoms with E-state index >= 15 is 0 Å². The van der Waals surface area contributed by atoms with E-state index in [1.807, 2.05) is 0 Å². The molecular formula is C17H17FO. The van der Waals surface area contributed by atoms with Crippen molar-refractivity contribution in [1.82, 2.24) is 0 Å². The normalized spacial score (nSPS) is 10.5. The van der Waals surface area contributed by atoms with E-state index in [1.165, 1.54) is 23.8 Å². The first-order valence-electron chi connectivity index (χ1n) is 6.56. The maximum absolute atomic E-state index is 13.5. The van der Waals surface area contributed by atoms with Gasteiger partial charge in [0.05, 0.1) is 0 Å². The highest BCUT2D eigenvalue weighted by molar-refractivity contribution is 5.88. The van der Waals surface area contributed by atoms with Gasteiger partial charge in [0.2, 0.25) is 0 Å². The molecule has 1 nitrogen and oxygen atoms in total. The largest absolute Gasteiger partial charge is 0.298 e. The highest BCUT2D eigenvalue weighted by Crippen LogP contribution is 2.29. The first-order chi connectivity index (χ1) is 9.19. The summed E-state index contributed by atoms with van der Waals surface area (Å²) in [5.74, 6) is -0.315. The Bertz CT molecular complexity index is 602. The van der Waals surface area contributed by atoms with Gasteiger partial charge in [-0.25, -0.2) is 4.39 Å². The first kappa shape index (κ1) is 13.5. The van der Waals surface area contributed by atoms with Crippen molar-refractivity contribution in [2.75, 3.05) is 0 Å². The van der Waals surface area contributed by atoms with Crippen LogP contribution in [0, 0.1) is 5.82 Å². The van der Waals surface area contributed by atoms with Crippen molar-refractivity contribution < 1.29 is 9.18 Å². The van der Waals surface area contributed by atoms with E-state index in [2.05, 4.69) is 32.0 Å². The summed E-state index contributed by atoms with van der Waals surface area (Å²) in [6.45, 7) is 4.14. The van der Waals surface area contributed by atoms with Crippen LogP contribution in [0.3, 0.4) is 0 Å². The van der Waals surface area contributed by atoms with Gasteiger partial charge >= 0.3 is 0 Å². The fraction of sp³-hybridized carbons (Fsp3) is 0.235. The summed E-state index contributed by atoms with van der Waals surface area (Å²) < 4.78 is 13.5. The molecule has 0 atom stereocenters. The summed E-state index contributed by atoms with van der Waals surface area (Å²) in [5.41, 5.74) is 4.49. The fourth-order valence-electron chi connectivity index (χ4n) is 2.27. The fourth-order valence-corrected chi connectivity index (χ4v) is 2.27. The molecule has 0 amide bonds. The molecule has 19 heavy (non-hydrogen) atoms. The molecule has 0 saturated heterocycles. The number of halogens is 1. The van der Waals surface area contributed by atoms with Crippen LogP contribution in [-0.4, -0.2) is 6.29 Å². The number of hydrogen-bond donors (Lipinski definition) is 0. The second-order valence-corrected chi connectivity index (χ2v) is 4.55. The molecule has 0 bridgehead atoms. The van der Waals surface area contributed by atoms with Gasteiger partial charge in [-0.1, -0.05) is 32.0 Å². The minimum Gasteiger partial charge on any atom is -0.298 e. The maximum atomic E-state index is 13.5. The van der Waals surface area contributed by atoms with Crippen LogP contribution in [0.1, 0.15) is 35.3 Å². The van der Waals surface area contributed by atoms with E-state index in [0.717, 1.165) is 30.3 Å². The van der Waals surface area contributed by atoms with Crippen molar-refractivity contribution in [3.05, 3.63) is 58.9 Å². The molecule has 0 radical (unpaired) electrons. The van der Waals surface area contributed by atoms with Crippen LogP contribution < -0.4 is 0 Å². The van der Waals surface area contributed by atoms with Gasteiger partial charge in [0.1, 0.15) is 5.82 Å². The lowest BCUT2D eigenvalue weighted by atomic mass is 9.92. The van der Waals surface area contributed by atoms with Crippen LogP contribution in [0.5, 0.6) is 0 Å². The average molecular weight is 256 g/mol. The SMILES string of the molecule is CCc1ccc(CC)c(-c2cc(F)ccc2C=O)c1. The Labute approximate surface area is 113 Å². The monoisotopic (exact) mass is 256 g/mol. The van der Waals surface area contributed by atoms with E-state index in [0.29, 0.717) is 11.1 Å². The van der Waals surface area contributed by atoms with Crippen LogP contribution in [0.15, 0.2) is 36.4 Å². The van der Waals surface area contributed by atoms with Crippen molar-refractivity contribution in [2.45, 2.75) is 26.7 Å². The van der Waals surface area contributed by atoms with E-state index in [-0.39, 0.29) is 5.82 Å².